The van der Waals surface area contributed by atoms with Crippen molar-refractivity contribution in [1.29, 1.82) is 0 Å². The third kappa shape index (κ3) is 9.09. The van der Waals surface area contributed by atoms with Gasteiger partial charge in [0.15, 0.2) is 0 Å². The molecule has 0 heterocycles. The van der Waals surface area contributed by atoms with Crippen molar-refractivity contribution in [2.45, 2.75) is 25.5 Å². The molecule has 1 aromatic carbocycles. The zero-order valence-electron chi connectivity index (χ0n) is 12.4. The van der Waals surface area contributed by atoms with E-state index in [0.717, 1.165) is 25.4 Å². The summed E-state index contributed by atoms with van der Waals surface area (Å²) in [5.41, 5.74) is 1.43. The summed E-state index contributed by atoms with van der Waals surface area (Å²) in [4.78, 5) is 2.36. The quantitative estimate of drug-likeness (QED) is 0.627. The number of thioether (sulfide) groups is 1. The number of nitrogens with one attached hydrogen (secondary N) is 1. The first kappa shape index (κ1) is 16.5. The van der Waals surface area contributed by atoms with Crippen LogP contribution in [0.1, 0.15) is 25.3 Å². The Bertz CT molecular complexity index is 303. The van der Waals surface area contributed by atoms with Crippen LogP contribution in [0.15, 0.2) is 30.3 Å². The van der Waals surface area contributed by atoms with Crippen molar-refractivity contribution in [3.8, 4) is 0 Å². The molecule has 0 radical (unpaired) electrons. The van der Waals surface area contributed by atoms with E-state index in [9.17, 15) is 0 Å². The van der Waals surface area contributed by atoms with Gasteiger partial charge in [-0.1, -0.05) is 37.3 Å². The van der Waals surface area contributed by atoms with Gasteiger partial charge in [0.25, 0.3) is 0 Å². The third-order valence-corrected chi connectivity index (χ3v) is 4.30. The zero-order chi connectivity index (χ0) is 13.8. The molecule has 3 heteroatoms. The number of rotatable bonds is 11. The van der Waals surface area contributed by atoms with Crippen molar-refractivity contribution in [2.75, 3.05) is 39.0 Å². The highest BCUT2D eigenvalue weighted by atomic mass is 32.2. The molecule has 0 atom stereocenters. The monoisotopic (exact) mass is 280 g/mol. The van der Waals surface area contributed by atoms with E-state index >= 15 is 0 Å². The van der Waals surface area contributed by atoms with Gasteiger partial charge in [-0.25, -0.2) is 0 Å². The van der Waals surface area contributed by atoms with Crippen LogP contribution in [0.4, 0.5) is 0 Å². The fourth-order valence-corrected chi connectivity index (χ4v) is 2.74. The lowest BCUT2D eigenvalue weighted by atomic mass is 10.2. The second kappa shape index (κ2) is 11.3. The summed E-state index contributed by atoms with van der Waals surface area (Å²) in [6.07, 6.45) is 2.52. The van der Waals surface area contributed by atoms with Gasteiger partial charge in [0.2, 0.25) is 0 Å². The van der Waals surface area contributed by atoms with Gasteiger partial charge in [-0.15, -0.1) is 0 Å². The predicted molar refractivity (Wildman–Crippen MR) is 87.9 cm³/mol. The highest BCUT2D eigenvalue weighted by molar-refractivity contribution is 7.98. The number of hydrogen-bond donors (Lipinski definition) is 1. The maximum atomic E-state index is 3.52. The predicted octanol–water partition coefficient (Wildman–Crippen LogP) is 3.24. The van der Waals surface area contributed by atoms with E-state index in [1.54, 1.807) is 0 Å². The fraction of sp³-hybridized carbons (Fsp3) is 0.625. The summed E-state index contributed by atoms with van der Waals surface area (Å²) >= 11 is 2.03. The molecule has 0 aromatic heterocycles. The third-order valence-electron chi connectivity index (χ3n) is 3.19. The molecule has 19 heavy (non-hydrogen) atoms. The average Bonchev–Trinajstić information content (AvgIpc) is 2.46. The van der Waals surface area contributed by atoms with Crippen LogP contribution in [0.3, 0.4) is 0 Å². The summed E-state index contributed by atoms with van der Waals surface area (Å²) in [5, 5.41) is 3.52. The van der Waals surface area contributed by atoms with E-state index in [1.165, 1.54) is 30.7 Å². The smallest absolute Gasteiger partial charge is 0.0184 e. The molecular formula is C16H28N2S. The molecule has 2 nitrogen and oxygen atoms in total. The lowest BCUT2D eigenvalue weighted by molar-refractivity contribution is 0.344. The first-order chi connectivity index (χ1) is 9.33. The highest BCUT2D eigenvalue weighted by Crippen LogP contribution is 2.11. The molecule has 0 spiro atoms. The Kier molecular flexibility index (Phi) is 9.86. The molecule has 108 valence electrons. The number of nitrogens with zero attached hydrogens (tertiary/aromatic N) is 1. The van der Waals surface area contributed by atoms with Gasteiger partial charge in [0.05, 0.1) is 0 Å². The molecule has 0 unspecified atom stereocenters. The maximum Gasteiger partial charge on any atom is 0.0184 e. The summed E-state index contributed by atoms with van der Waals surface area (Å²) in [5.74, 6) is 2.39. The molecular weight excluding hydrogens is 252 g/mol. The molecule has 1 rings (SSSR count). The Hall–Kier alpha value is -0.510. The Morgan fingerprint density at radius 1 is 1.11 bits per heavy atom. The largest absolute Gasteiger partial charge is 0.317 e. The van der Waals surface area contributed by atoms with Crippen LogP contribution < -0.4 is 5.32 Å². The van der Waals surface area contributed by atoms with Crippen LogP contribution in [0.2, 0.25) is 0 Å². The van der Waals surface area contributed by atoms with E-state index in [2.05, 4.69) is 54.5 Å². The lowest BCUT2D eigenvalue weighted by Gasteiger charge is -2.13. The van der Waals surface area contributed by atoms with Crippen molar-refractivity contribution >= 4 is 11.8 Å². The van der Waals surface area contributed by atoms with E-state index in [4.69, 9.17) is 0 Å². The van der Waals surface area contributed by atoms with Crippen LogP contribution >= 0.6 is 11.8 Å². The van der Waals surface area contributed by atoms with E-state index < -0.39 is 0 Å². The zero-order valence-corrected chi connectivity index (χ0v) is 13.2. The Morgan fingerprint density at radius 2 is 1.84 bits per heavy atom. The van der Waals surface area contributed by atoms with Crippen molar-refractivity contribution in [3.63, 3.8) is 0 Å². The molecule has 0 aliphatic heterocycles. The van der Waals surface area contributed by atoms with Crippen LogP contribution in [-0.2, 0) is 5.75 Å². The van der Waals surface area contributed by atoms with Gasteiger partial charge in [0, 0.05) is 5.75 Å². The normalized spacial score (nSPS) is 11.1. The SMILES string of the molecule is CCN(C)CCCNCCCSCc1ccccc1. The second-order valence-electron chi connectivity index (χ2n) is 4.89. The number of benzene rings is 1. The van der Waals surface area contributed by atoms with Crippen molar-refractivity contribution in [3.05, 3.63) is 35.9 Å². The molecule has 0 amide bonds. The lowest BCUT2D eigenvalue weighted by Crippen LogP contribution is -2.24. The molecule has 1 N–H and O–H groups in total. The van der Waals surface area contributed by atoms with Gasteiger partial charge >= 0.3 is 0 Å². The van der Waals surface area contributed by atoms with Crippen LogP contribution in [0.5, 0.6) is 0 Å². The minimum absolute atomic E-state index is 1.14. The fourth-order valence-electron chi connectivity index (χ4n) is 1.82. The standard InChI is InChI=1S/C16H28N2S/c1-3-18(2)13-7-11-17-12-8-14-19-15-16-9-5-4-6-10-16/h4-6,9-10,17H,3,7-8,11-15H2,1-2H3. The molecule has 0 saturated carbocycles. The van der Waals surface area contributed by atoms with E-state index in [-0.39, 0.29) is 0 Å². The van der Waals surface area contributed by atoms with Gasteiger partial charge in [0.1, 0.15) is 0 Å². The molecule has 1 aromatic rings. The van der Waals surface area contributed by atoms with Crippen LogP contribution in [0.25, 0.3) is 0 Å². The summed E-state index contributed by atoms with van der Waals surface area (Å²) < 4.78 is 0. The van der Waals surface area contributed by atoms with Gasteiger partial charge < -0.3 is 10.2 Å². The maximum absolute atomic E-state index is 3.52. The van der Waals surface area contributed by atoms with Gasteiger partial charge in [-0.2, -0.15) is 11.8 Å². The molecule has 0 aliphatic carbocycles. The Morgan fingerprint density at radius 3 is 2.58 bits per heavy atom. The number of hydrogen-bond acceptors (Lipinski definition) is 3. The van der Waals surface area contributed by atoms with Crippen molar-refractivity contribution in [1.82, 2.24) is 10.2 Å². The van der Waals surface area contributed by atoms with E-state index in [0.29, 0.717) is 0 Å². The molecule has 0 fully saturated rings. The first-order valence-corrected chi connectivity index (χ1v) is 8.49. The first-order valence-electron chi connectivity index (χ1n) is 7.34. The highest BCUT2D eigenvalue weighted by Gasteiger charge is 1.95. The minimum Gasteiger partial charge on any atom is -0.317 e. The van der Waals surface area contributed by atoms with Gasteiger partial charge in [-0.05, 0) is 57.4 Å². The second-order valence-corrected chi connectivity index (χ2v) is 6.00. The molecule has 0 bridgehead atoms. The van der Waals surface area contributed by atoms with Crippen molar-refractivity contribution < 1.29 is 0 Å². The van der Waals surface area contributed by atoms with Crippen molar-refractivity contribution in [2.24, 2.45) is 0 Å². The Labute approximate surface area is 123 Å². The molecule has 0 aliphatic rings. The summed E-state index contributed by atoms with van der Waals surface area (Å²) in [6, 6.07) is 10.7. The average molecular weight is 280 g/mol. The van der Waals surface area contributed by atoms with Crippen LogP contribution in [0, 0.1) is 0 Å². The van der Waals surface area contributed by atoms with Gasteiger partial charge in [-0.3, -0.25) is 0 Å². The molecule has 0 saturated heterocycles. The van der Waals surface area contributed by atoms with E-state index in [1.807, 2.05) is 11.8 Å². The summed E-state index contributed by atoms with van der Waals surface area (Å²) in [7, 11) is 2.18. The minimum atomic E-state index is 1.14. The Balaban J connectivity index is 1.84. The topological polar surface area (TPSA) is 15.3 Å². The summed E-state index contributed by atoms with van der Waals surface area (Å²) in [6.45, 7) is 6.85. The van der Waals surface area contributed by atoms with Crippen LogP contribution in [-0.4, -0.2) is 43.9 Å².